The van der Waals surface area contributed by atoms with Crippen LogP contribution in [0.2, 0.25) is 0 Å². The first-order chi connectivity index (χ1) is 20.7. The monoisotopic (exact) mass is 587 g/mol. The third-order valence-electron chi connectivity index (χ3n) is 8.95. The molecule has 2 aromatic heterocycles. The van der Waals surface area contributed by atoms with E-state index in [0.717, 1.165) is 43.4 Å². The molecule has 2 saturated heterocycles. The van der Waals surface area contributed by atoms with E-state index in [-0.39, 0.29) is 49.4 Å². The summed E-state index contributed by atoms with van der Waals surface area (Å²) in [5, 5.41) is 0.406. The molecule has 1 aromatic carbocycles. The molecule has 4 heterocycles. The maximum absolute atomic E-state index is 16.5. The average molecular weight is 588 g/mol. The predicted molar refractivity (Wildman–Crippen MR) is 160 cm³/mol. The van der Waals surface area contributed by atoms with E-state index in [1.807, 2.05) is 17.0 Å². The second kappa shape index (κ2) is 11.8. The van der Waals surface area contributed by atoms with Gasteiger partial charge in [0.1, 0.15) is 29.7 Å². The summed E-state index contributed by atoms with van der Waals surface area (Å²) in [6, 6.07) is 5.62. The molecular weight excluding hydrogens is 552 g/mol. The molecule has 1 aliphatic carbocycles. The number of amides is 1. The van der Waals surface area contributed by atoms with Gasteiger partial charge < -0.3 is 24.3 Å². The van der Waals surface area contributed by atoms with Crippen LogP contribution in [0, 0.1) is 18.3 Å². The lowest BCUT2D eigenvalue weighted by molar-refractivity contribution is -0.131. The van der Waals surface area contributed by atoms with Crippen LogP contribution < -0.4 is 9.64 Å². The summed E-state index contributed by atoms with van der Waals surface area (Å²) in [6.45, 7) is 14.7. The van der Waals surface area contributed by atoms with Crippen LogP contribution in [0.4, 0.5) is 14.6 Å². The van der Waals surface area contributed by atoms with Crippen LogP contribution in [0.5, 0.6) is 6.01 Å². The van der Waals surface area contributed by atoms with E-state index in [0.29, 0.717) is 23.7 Å². The zero-order chi connectivity index (χ0) is 30.2. The van der Waals surface area contributed by atoms with E-state index in [2.05, 4.69) is 46.3 Å². The number of likely N-dealkylation sites (tertiary alicyclic amines) is 1. The van der Waals surface area contributed by atoms with Crippen LogP contribution in [0.15, 0.2) is 36.8 Å². The fraction of sp³-hybridized carbons (Fsp3) is 0.469. The molecule has 11 heteroatoms. The molecular formula is C32H35F2N7O2. The van der Waals surface area contributed by atoms with Gasteiger partial charge in [-0.25, -0.2) is 15.4 Å². The Morgan fingerprint density at radius 3 is 2.79 bits per heavy atom. The van der Waals surface area contributed by atoms with Gasteiger partial charge in [-0.15, -0.1) is 0 Å². The number of carbonyl (C=O) groups excluding carboxylic acids is 1. The van der Waals surface area contributed by atoms with Gasteiger partial charge in [0, 0.05) is 37.4 Å². The van der Waals surface area contributed by atoms with Crippen LogP contribution >= 0.6 is 0 Å². The number of piperazine rings is 1. The summed E-state index contributed by atoms with van der Waals surface area (Å²) in [5.74, 6) is -1.55. The van der Waals surface area contributed by atoms with Crippen molar-refractivity contribution in [1.82, 2.24) is 24.8 Å². The van der Waals surface area contributed by atoms with Gasteiger partial charge in [0.05, 0.1) is 5.39 Å². The number of pyridine rings is 1. The minimum absolute atomic E-state index is 0.0236. The van der Waals surface area contributed by atoms with E-state index >= 15 is 4.39 Å². The zero-order valence-corrected chi connectivity index (χ0v) is 24.5. The first kappa shape index (κ1) is 28.9. The number of halogens is 2. The Labute approximate surface area is 250 Å². The van der Waals surface area contributed by atoms with Gasteiger partial charge in [-0.3, -0.25) is 9.78 Å². The molecule has 43 heavy (non-hydrogen) atoms. The quantitative estimate of drug-likeness (QED) is 0.298. The Hall–Kier alpha value is -4.17. The van der Waals surface area contributed by atoms with Crippen LogP contribution in [0.25, 0.3) is 27.0 Å². The van der Waals surface area contributed by atoms with Crippen molar-refractivity contribution >= 4 is 22.6 Å². The van der Waals surface area contributed by atoms with Crippen LogP contribution in [-0.4, -0.2) is 89.1 Å². The number of aromatic nitrogens is 3. The third kappa shape index (κ3) is 5.52. The van der Waals surface area contributed by atoms with Gasteiger partial charge in [0.15, 0.2) is 11.6 Å². The van der Waals surface area contributed by atoms with E-state index < -0.39 is 23.6 Å². The minimum Gasteiger partial charge on any atom is -0.462 e. The van der Waals surface area contributed by atoms with Crippen molar-refractivity contribution in [3.05, 3.63) is 65.2 Å². The van der Waals surface area contributed by atoms with Crippen molar-refractivity contribution in [2.75, 3.05) is 51.3 Å². The predicted octanol–water partition coefficient (Wildman–Crippen LogP) is 4.46. The Bertz CT molecular complexity index is 1620. The lowest BCUT2D eigenvalue weighted by Crippen LogP contribution is -2.56. The van der Waals surface area contributed by atoms with Crippen molar-refractivity contribution < 1.29 is 18.3 Å². The van der Waals surface area contributed by atoms with Gasteiger partial charge in [-0.2, -0.15) is 9.97 Å². The summed E-state index contributed by atoms with van der Waals surface area (Å²) in [5.41, 5.74) is 3.45. The smallest absolute Gasteiger partial charge is 0.319 e. The number of ether oxygens (including phenoxy) is 1. The van der Waals surface area contributed by atoms with Gasteiger partial charge in [-0.1, -0.05) is 31.7 Å². The summed E-state index contributed by atoms with van der Waals surface area (Å²) in [7, 11) is 2.05. The summed E-state index contributed by atoms with van der Waals surface area (Å²) in [6.07, 6.45) is 5.48. The molecule has 0 spiro atoms. The van der Waals surface area contributed by atoms with Crippen molar-refractivity contribution in [3.8, 4) is 17.3 Å². The molecule has 3 atom stereocenters. The normalized spacial score (nSPS) is 22.1. The number of anilines is 1. The van der Waals surface area contributed by atoms with Crippen molar-refractivity contribution in [1.29, 1.82) is 0 Å². The Balaban J connectivity index is 1.42. The molecule has 0 radical (unpaired) electrons. The molecule has 0 saturated carbocycles. The Kier molecular flexibility index (Phi) is 7.97. The van der Waals surface area contributed by atoms with Crippen LogP contribution in [0.3, 0.4) is 0 Å². The highest BCUT2D eigenvalue weighted by Gasteiger charge is 2.35. The van der Waals surface area contributed by atoms with Gasteiger partial charge in [-0.05, 0) is 56.3 Å². The highest BCUT2D eigenvalue weighted by molar-refractivity contribution is 5.93. The van der Waals surface area contributed by atoms with Crippen molar-refractivity contribution in [2.45, 2.75) is 44.7 Å². The maximum atomic E-state index is 16.5. The highest BCUT2D eigenvalue weighted by Crippen LogP contribution is 2.38. The number of rotatable bonds is 7. The number of fused-ring (bicyclic) bond motifs is 2. The lowest BCUT2D eigenvalue weighted by Gasteiger charge is -2.39. The molecule has 2 fully saturated rings. The number of likely N-dealkylation sites (N-methyl/N-ethyl adjacent to an activating group) is 1. The summed E-state index contributed by atoms with van der Waals surface area (Å²) < 4.78 is 36.4. The summed E-state index contributed by atoms with van der Waals surface area (Å²) in [4.78, 5) is 35.3. The molecule has 224 valence electrons. The molecule has 6 rings (SSSR count). The molecule has 9 nitrogen and oxygen atoms in total. The minimum atomic E-state index is -1.07. The van der Waals surface area contributed by atoms with Gasteiger partial charge in [0.2, 0.25) is 6.54 Å². The topological polar surface area (TPSA) is 79.1 Å². The van der Waals surface area contributed by atoms with E-state index in [4.69, 9.17) is 16.3 Å². The number of hydrogen-bond acceptors (Lipinski definition) is 7. The van der Waals surface area contributed by atoms with Crippen LogP contribution in [0.1, 0.15) is 30.9 Å². The molecule has 3 aromatic rings. The molecule has 0 bridgehead atoms. The highest BCUT2D eigenvalue weighted by atomic mass is 19.1. The van der Waals surface area contributed by atoms with Gasteiger partial charge >= 0.3 is 6.01 Å². The van der Waals surface area contributed by atoms with E-state index in [1.165, 1.54) is 10.5 Å². The molecule has 1 unspecified atom stereocenters. The maximum Gasteiger partial charge on any atom is 0.319 e. The number of nitrogens with zero attached hydrogens (tertiary/aromatic N) is 7. The fourth-order valence-corrected chi connectivity index (χ4v) is 6.69. The third-order valence-corrected chi connectivity index (χ3v) is 8.95. The molecule has 3 aliphatic rings. The molecule has 0 N–H and O–H groups in total. The number of benzene rings is 1. The molecule has 2 aliphatic heterocycles. The lowest BCUT2D eigenvalue weighted by atomic mass is 9.99. The van der Waals surface area contributed by atoms with Gasteiger partial charge in [0.25, 0.3) is 5.91 Å². The van der Waals surface area contributed by atoms with Crippen molar-refractivity contribution in [2.24, 2.45) is 5.92 Å². The van der Waals surface area contributed by atoms with E-state index in [1.54, 1.807) is 6.20 Å². The first-order valence-corrected chi connectivity index (χ1v) is 14.8. The SMILES string of the molecule is [C-]#[N+]C[C@H]1CN(c2nc(OC[C@@H]3CCCN3C)nc3c(F)c(-c4cccc5c4CC(C)C5)ncc23)CCN1C(=O)C(=C)F. The fourth-order valence-electron chi connectivity index (χ4n) is 6.69. The largest absolute Gasteiger partial charge is 0.462 e. The zero-order valence-electron chi connectivity index (χ0n) is 24.5. The van der Waals surface area contributed by atoms with Crippen molar-refractivity contribution in [3.63, 3.8) is 0 Å². The molecule has 1 amide bonds. The first-order valence-electron chi connectivity index (χ1n) is 14.8. The van der Waals surface area contributed by atoms with Crippen LogP contribution in [-0.2, 0) is 17.6 Å². The van der Waals surface area contributed by atoms with E-state index in [9.17, 15) is 9.18 Å². The Morgan fingerprint density at radius 1 is 1.21 bits per heavy atom. The second-order valence-electron chi connectivity index (χ2n) is 11.9. The average Bonchev–Trinajstić information content (AvgIpc) is 3.59. The second-order valence-corrected chi connectivity index (χ2v) is 11.9. The Morgan fingerprint density at radius 2 is 2.05 bits per heavy atom. The number of carbonyl (C=O) groups is 1. The number of hydrogen-bond donors (Lipinski definition) is 0. The summed E-state index contributed by atoms with van der Waals surface area (Å²) >= 11 is 0. The standard InChI is InChI=1S/C32H35F2N7O2/c1-19-13-21-7-5-9-24(25(21)14-19)28-27(34)29-26(16-36-28)30(38-32(37-29)43-18-22-8-6-10-39(22)4)40-11-12-41(31(42)20(2)33)23(17-40)15-35-3/h5,7,9,16,19,22-23H,2,6,8,10-15,17-18H2,1,4H3/t19?,22-,23-/m0/s1.